The maximum absolute atomic E-state index is 12.7. The molecule has 1 heterocycles. The summed E-state index contributed by atoms with van der Waals surface area (Å²) in [4.78, 5) is 1.88. The molecule has 0 aliphatic carbocycles. The van der Waals surface area contributed by atoms with Gasteiger partial charge in [0.05, 0.1) is 4.90 Å². The van der Waals surface area contributed by atoms with Crippen LogP contribution in [0.25, 0.3) is 0 Å². The van der Waals surface area contributed by atoms with E-state index >= 15 is 0 Å². The molecule has 0 spiro atoms. The number of nitrogens with zero attached hydrogens (tertiary/aromatic N) is 2. The van der Waals surface area contributed by atoms with Crippen LogP contribution in [-0.2, 0) is 22.0 Å². The first kappa shape index (κ1) is 19.7. The Hall–Kier alpha value is -1.66. The van der Waals surface area contributed by atoms with E-state index in [1.54, 1.807) is 30.3 Å². The maximum Gasteiger partial charge on any atom is 0.285 e. The van der Waals surface area contributed by atoms with Gasteiger partial charge in [-0.25, -0.2) is 0 Å². The molecule has 136 valence electrons. The number of hydrogen-bond donors (Lipinski definition) is 0. The average molecular weight is 379 g/mol. The van der Waals surface area contributed by atoms with Crippen LogP contribution in [0.15, 0.2) is 51.3 Å². The largest absolute Gasteiger partial charge is 0.316 e. The lowest BCUT2D eigenvalue weighted by Crippen LogP contribution is -2.18. The van der Waals surface area contributed by atoms with Crippen LogP contribution in [-0.4, -0.2) is 13.0 Å². The summed E-state index contributed by atoms with van der Waals surface area (Å²) in [6.45, 7) is 13.1. The number of sulfonamides is 1. The van der Waals surface area contributed by atoms with E-state index in [1.165, 1.54) is 16.9 Å². The lowest BCUT2D eigenvalue weighted by molar-refractivity contribution is 0.588. The molecule has 0 N–H and O–H groups in total. The van der Waals surface area contributed by atoms with Crippen LogP contribution in [0.2, 0.25) is 0 Å². The van der Waals surface area contributed by atoms with E-state index in [2.05, 4.69) is 31.2 Å². The Balaban J connectivity index is 2.69. The molecular weight excluding hydrogens is 352 g/mol. The van der Waals surface area contributed by atoms with Crippen molar-refractivity contribution in [1.82, 2.24) is 4.57 Å². The Labute approximate surface area is 154 Å². The molecule has 0 amide bonds. The molecule has 0 fully saturated rings. The fraction of sp³-hybridized carbons (Fsp3) is 0.421. The Kier molecular flexibility index (Phi) is 5.74. The van der Waals surface area contributed by atoms with Gasteiger partial charge in [-0.15, -0.1) is 15.7 Å². The summed E-state index contributed by atoms with van der Waals surface area (Å²) >= 11 is 1.45. The first-order valence-electron chi connectivity index (χ1n) is 8.22. The normalized spacial score (nSPS) is 13.1. The molecule has 6 heteroatoms. The van der Waals surface area contributed by atoms with Gasteiger partial charge in [0.25, 0.3) is 10.0 Å². The van der Waals surface area contributed by atoms with Gasteiger partial charge in [0.15, 0.2) is 0 Å². The molecule has 1 aromatic heterocycles. The van der Waals surface area contributed by atoms with E-state index in [0.29, 0.717) is 11.3 Å². The summed E-state index contributed by atoms with van der Waals surface area (Å²) in [5.41, 5.74) is 2.19. The highest BCUT2D eigenvalue weighted by molar-refractivity contribution is 7.90. The quantitative estimate of drug-likeness (QED) is 0.740. The summed E-state index contributed by atoms with van der Waals surface area (Å²) in [6, 6.07) is 8.36. The van der Waals surface area contributed by atoms with Gasteiger partial charge in [0, 0.05) is 17.1 Å². The molecule has 0 saturated carbocycles. The van der Waals surface area contributed by atoms with Gasteiger partial charge < -0.3 is 4.57 Å². The number of rotatable bonds is 4. The van der Waals surface area contributed by atoms with Crippen molar-refractivity contribution in [3.8, 4) is 0 Å². The monoisotopic (exact) mass is 378 g/mol. The van der Waals surface area contributed by atoms with Gasteiger partial charge in [0.1, 0.15) is 0 Å². The SMILES string of the molecule is CC(C)=CCn1c(C)c(C(C)(C)C)s/c1=N\S(=O)(=O)c1ccccc1. The highest BCUT2D eigenvalue weighted by Crippen LogP contribution is 2.28. The first-order chi connectivity index (χ1) is 11.5. The Morgan fingerprint density at radius 1 is 1.20 bits per heavy atom. The van der Waals surface area contributed by atoms with Crippen molar-refractivity contribution in [3.63, 3.8) is 0 Å². The Morgan fingerprint density at radius 2 is 1.80 bits per heavy atom. The van der Waals surface area contributed by atoms with Gasteiger partial charge in [-0.05, 0) is 38.3 Å². The number of allylic oxidation sites excluding steroid dienone is 2. The summed E-state index contributed by atoms with van der Waals surface area (Å²) in [7, 11) is -3.73. The summed E-state index contributed by atoms with van der Waals surface area (Å²) < 4.78 is 31.5. The number of aromatic nitrogens is 1. The molecule has 0 radical (unpaired) electrons. The second-order valence-corrected chi connectivity index (χ2v) is 9.90. The zero-order valence-electron chi connectivity index (χ0n) is 15.7. The van der Waals surface area contributed by atoms with Crippen LogP contribution in [0.5, 0.6) is 0 Å². The van der Waals surface area contributed by atoms with Crippen molar-refractivity contribution in [2.45, 2.75) is 58.4 Å². The molecule has 0 saturated heterocycles. The zero-order valence-corrected chi connectivity index (χ0v) is 17.3. The Bertz CT molecular complexity index is 938. The van der Waals surface area contributed by atoms with Crippen LogP contribution in [0, 0.1) is 6.92 Å². The van der Waals surface area contributed by atoms with Gasteiger partial charge in [-0.2, -0.15) is 8.42 Å². The van der Waals surface area contributed by atoms with Crippen molar-refractivity contribution in [1.29, 1.82) is 0 Å². The molecule has 2 aromatic rings. The second-order valence-electron chi connectivity index (χ2n) is 7.32. The first-order valence-corrected chi connectivity index (χ1v) is 10.5. The van der Waals surface area contributed by atoms with Gasteiger partial charge in [-0.3, -0.25) is 0 Å². The number of benzene rings is 1. The van der Waals surface area contributed by atoms with E-state index in [-0.39, 0.29) is 10.3 Å². The fourth-order valence-corrected chi connectivity index (χ4v) is 4.91. The summed E-state index contributed by atoms with van der Waals surface area (Å²) in [6.07, 6.45) is 2.08. The molecule has 0 unspecified atom stereocenters. The highest BCUT2D eigenvalue weighted by atomic mass is 32.2. The zero-order chi connectivity index (χ0) is 18.8. The van der Waals surface area contributed by atoms with E-state index < -0.39 is 10.0 Å². The fourth-order valence-electron chi connectivity index (χ4n) is 2.49. The van der Waals surface area contributed by atoms with Crippen LogP contribution in [0.3, 0.4) is 0 Å². The third kappa shape index (κ3) is 4.70. The predicted octanol–water partition coefficient (Wildman–Crippen LogP) is 4.41. The minimum Gasteiger partial charge on any atom is -0.316 e. The number of thiazole rings is 1. The van der Waals surface area contributed by atoms with E-state index in [0.717, 1.165) is 10.6 Å². The lowest BCUT2D eigenvalue weighted by Gasteiger charge is -2.17. The molecule has 0 atom stereocenters. The van der Waals surface area contributed by atoms with Crippen molar-refractivity contribution < 1.29 is 8.42 Å². The third-order valence-corrected chi connectivity index (χ3v) is 6.76. The average Bonchev–Trinajstić information content (AvgIpc) is 2.81. The molecule has 2 rings (SSSR count). The van der Waals surface area contributed by atoms with E-state index in [1.807, 2.05) is 25.3 Å². The smallest absolute Gasteiger partial charge is 0.285 e. The topological polar surface area (TPSA) is 51.4 Å². The summed E-state index contributed by atoms with van der Waals surface area (Å²) in [5, 5.41) is 0. The van der Waals surface area contributed by atoms with Crippen LogP contribution < -0.4 is 4.80 Å². The van der Waals surface area contributed by atoms with Crippen molar-refractivity contribution >= 4 is 21.4 Å². The molecule has 0 aliphatic heterocycles. The van der Waals surface area contributed by atoms with Crippen molar-refractivity contribution in [3.05, 3.63) is 57.4 Å². The molecule has 0 aliphatic rings. The molecule has 1 aromatic carbocycles. The van der Waals surface area contributed by atoms with E-state index in [9.17, 15) is 8.42 Å². The highest BCUT2D eigenvalue weighted by Gasteiger charge is 2.23. The molecular formula is C19H26N2O2S2. The molecule has 0 bridgehead atoms. The maximum atomic E-state index is 12.7. The predicted molar refractivity (Wildman–Crippen MR) is 104 cm³/mol. The minimum absolute atomic E-state index is 0.0637. The van der Waals surface area contributed by atoms with Gasteiger partial charge >= 0.3 is 0 Å². The van der Waals surface area contributed by atoms with Crippen molar-refractivity contribution in [2.24, 2.45) is 4.40 Å². The van der Waals surface area contributed by atoms with Crippen molar-refractivity contribution in [2.75, 3.05) is 0 Å². The second kappa shape index (κ2) is 7.30. The molecule has 4 nitrogen and oxygen atoms in total. The standard InChI is InChI=1S/C19H26N2O2S2/c1-14(2)12-13-21-15(3)17(19(4,5)6)24-18(21)20-25(22,23)16-10-8-7-9-11-16/h7-12H,13H2,1-6H3/b20-18-. The summed E-state index contributed by atoms with van der Waals surface area (Å²) in [5.74, 6) is 0. The van der Waals surface area contributed by atoms with Gasteiger partial charge in [-0.1, -0.05) is 50.6 Å². The van der Waals surface area contributed by atoms with Crippen LogP contribution in [0.1, 0.15) is 45.2 Å². The third-order valence-electron chi connectivity index (χ3n) is 3.76. The minimum atomic E-state index is -3.73. The van der Waals surface area contributed by atoms with Crippen LogP contribution in [0.4, 0.5) is 0 Å². The van der Waals surface area contributed by atoms with Gasteiger partial charge in [0.2, 0.25) is 4.80 Å². The van der Waals surface area contributed by atoms with Crippen LogP contribution >= 0.6 is 11.3 Å². The Morgan fingerprint density at radius 3 is 2.32 bits per heavy atom. The lowest BCUT2D eigenvalue weighted by atomic mass is 9.93. The number of hydrogen-bond acceptors (Lipinski definition) is 3. The van der Waals surface area contributed by atoms with E-state index in [4.69, 9.17) is 0 Å². The molecule has 25 heavy (non-hydrogen) atoms.